The number of aromatic nitrogens is 1. The van der Waals surface area contributed by atoms with E-state index in [1.165, 1.54) is 0 Å². The number of carboxylic acid groups (broad SMARTS) is 1. The summed E-state index contributed by atoms with van der Waals surface area (Å²) in [6, 6.07) is 3.58. The molecule has 0 bridgehead atoms. The van der Waals surface area contributed by atoms with E-state index >= 15 is 0 Å². The van der Waals surface area contributed by atoms with Gasteiger partial charge < -0.3 is 15.0 Å². The first-order valence-corrected chi connectivity index (χ1v) is 6.05. The van der Waals surface area contributed by atoms with E-state index in [-0.39, 0.29) is 12.3 Å². The molecule has 0 unspecified atom stereocenters. The Morgan fingerprint density at radius 3 is 2.67 bits per heavy atom. The minimum Gasteiger partial charge on any atom is -0.481 e. The van der Waals surface area contributed by atoms with Crippen LogP contribution in [0.3, 0.4) is 0 Å². The number of amides is 1. The second-order valence-electron chi connectivity index (χ2n) is 4.91. The summed E-state index contributed by atoms with van der Waals surface area (Å²) in [7, 11) is 0. The van der Waals surface area contributed by atoms with Crippen LogP contribution in [0, 0.1) is 0 Å². The van der Waals surface area contributed by atoms with Crippen LogP contribution in [0.15, 0.2) is 18.3 Å². The fourth-order valence-electron chi connectivity index (χ4n) is 1.75. The Bertz CT molecular complexity index is 435. The number of aryl methyl sites for hydroxylation is 1. The number of hydrogen-bond donors (Lipinski definition) is 2. The van der Waals surface area contributed by atoms with Crippen LogP contribution in [0.1, 0.15) is 44.1 Å². The van der Waals surface area contributed by atoms with E-state index in [1.807, 2.05) is 37.6 Å². The summed E-state index contributed by atoms with van der Waals surface area (Å²) in [6.45, 7) is 6.35. The van der Waals surface area contributed by atoms with Crippen molar-refractivity contribution < 1.29 is 14.7 Å². The van der Waals surface area contributed by atoms with Crippen LogP contribution in [0.5, 0.6) is 0 Å². The molecule has 100 valence electrons. The van der Waals surface area contributed by atoms with Crippen LogP contribution in [-0.4, -0.2) is 27.1 Å². The zero-order chi connectivity index (χ0) is 13.8. The van der Waals surface area contributed by atoms with E-state index in [0.717, 1.165) is 6.54 Å². The summed E-state index contributed by atoms with van der Waals surface area (Å²) in [5, 5.41) is 11.5. The molecular weight excluding hydrogens is 232 g/mol. The van der Waals surface area contributed by atoms with Gasteiger partial charge in [0.1, 0.15) is 5.69 Å². The van der Waals surface area contributed by atoms with Crippen molar-refractivity contribution in [2.45, 2.75) is 45.7 Å². The summed E-state index contributed by atoms with van der Waals surface area (Å²) < 4.78 is 1.85. The topological polar surface area (TPSA) is 71.3 Å². The van der Waals surface area contributed by atoms with Gasteiger partial charge >= 0.3 is 5.97 Å². The van der Waals surface area contributed by atoms with Gasteiger partial charge in [0.05, 0.1) is 0 Å². The second kappa shape index (κ2) is 5.71. The van der Waals surface area contributed by atoms with Gasteiger partial charge in [-0.05, 0) is 39.3 Å². The molecule has 0 aliphatic heterocycles. The van der Waals surface area contributed by atoms with Gasteiger partial charge in [-0.3, -0.25) is 9.59 Å². The molecule has 0 saturated carbocycles. The molecule has 0 saturated heterocycles. The molecule has 18 heavy (non-hydrogen) atoms. The summed E-state index contributed by atoms with van der Waals surface area (Å²) >= 11 is 0. The molecule has 1 aromatic heterocycles. The molecule has 0 aliphatic rings. The van der Waals surface area contributed by atoms with Crippen molar-refractivity contribution in [3.63, 3.8) is 0 Å². The number of hydrogen-bond acceptors (Lipinski definition) is 2. The molecule has 1 amide bonds. The van der Waals surface area contributed by atoms with E-state index < -0.39 is 11.5 Å². The van der Waals surface area contributed by atoms with E-state index in [2.05, 4.69) is 5.32 Å². The van der Waals surface area contributed by atoms with Gasteiger partial charge in [0.15, 0.2) is 0 Å². The Kier molecular flexibility index (Phi) is 4.53. The molecule has 0 atom stereocenters. The van der Waals surface area contributed by atoms with E-state index in [4.69, 9.17) is 5.11 Å². The number of carboxylic acids is 1. The van der Waals surface area contributed by atoms with Gasteiger partial charge in [-0.15, -0.1) is 0 Å². The Morgan fingerprint density at radius 2 is 2.11 bits per heavy atom. The lowest BCUT2D eigenvalue weighted by Gasteiger charge is -2.25. The van der Waals surface area contributed by atoms with Crippen LogP contribution in [0.4, 0.5) is 0 Å². The molecule has 0 aliphatic carbocycles. The van der Waals surface area contributed by atoms with Gasteiger partial charge in [0.25, 0.3) is 5.91 Å². The lowest BCUT2D eigenvalue weighted by Crippen LogP contribution is -2.44. The largest absolute Gasteiger partial charge is 0.481 e. The lowest BCUT2D eigenvalue weighted by molar-refractivity contribution is -0.137. The number of nitrogens with one attached hydrogen (secondary N) is 1. The third-order valence-corrected chi connectivity index (χ3v) is 2.82. The number of aliphatic carboxylic acids is 1. The fourth-order valence-corrected chi connectivity index (χ4v) is 1.75. The monoisotopic (exact) mass is 252 g/mol. The average Bonchev–Trinajstić information content (AvgIpc) is 2.74. The standard InChI is InChI=1S/C13H20N2O3/c1-4-15-9-5-6-10(15)12(18)14-13(2,3)8-7-11(16)17/h5-6,9H,4,7-8H2,1-3H3,(H,14,18)(H,16,17). The highest BCUT2D eigenvalue weighted by Crippen LogP contribution is 2.13. The molecule has 1 heterocycles. The molecule has 1 rings (SSSR count). The summed E-state index contributed by atoms with van der Waals surface area (Å²) in [5.41, 5.74) is 0.0686. The first-order valence-electron chi connectivity index (χ1n) is 6.05. The quantitative estimate of drug-likeness (QED) is 0.812. The smallest absolute Gasteiger partial charge is 0.303 e. The molecule has 0 fully saturated rings. The minimum absolute atomic E-state index is 0.0437. The van der Waals surface area contributed by atoms with Gasteiger partial charge in [0.2, 0.25) is 0 Å². The number of rotatable bonds is 6. The van der Waals surface area contributed by atoms with Gasteiger partial charge in [0, 0.05) is 24.7 Å². The normalized spacial score (nSPS) is 11.3. The van der Waals surface area contributed by atoms with Gasteiger partial charge in [-0.25, -0.2) is 0 Å². The van der Waals surface area contributed by atoms with Crippen molar-refractivity contribution >= 4 is 11.9 Å². The minimum atomic E-state index is -0.853. The van der Waals surface area contributed by atoms with E-state index in [1.54, 1.807) is 6.07 Å². The Labute approximate surface area is 107 Å². The van der Waals surface area contributed by atoms with Crippen LogP contribution in [0.25, 0.3) is 0 Å². The third kappa shape index (κ3) is 3.91. The fraction of sp³-hybridized carbons (Fsp3) is 0.538. The predicted molar refractivity (Wildman–Crippen MR) is 68.5 cm³/mol. The molecule has 0 aromatic carbocycles. The first kappa shape index (κ1) is 14.3. The van der Waals surface area contributed by atoms with Crippen LogP contribution in [-0.2, 0) is 11.3 Å². The maximum atomic E-state index is 12.1. The average molecular weight is 252 g/mol. The molecule has 0 spiro atoms. The highest BCUT2D eigenvalue weighted by molar-refractivity contribution is 5.93. The van der Waals surface area contributed by atoms with Crippen molar-refractivity contribution in [1.29, 1.82) is 0 Å². The van der Waals surface area contributed by atoms with Crippen LogP contribution >= 0.6 is 0 Å². The van der Waals surface area contributed by atoms with Crippen molar-refractivity contribution in [3.8, 4) is 0 Å². The molecule has 5 nitrogen and oxygen atoms in total. The van der Waals surface area contributed by atoms with Crippen molar-refractivity contribution in [2.75, 3.05) is 0 Å². The molecule has 5 heteroatoms. The zero-order valence-corrected chi connectivity index (χ0v) is 11.1. The number of nitrogens with zero attached hydrogens (tertiary/aromatic N) is 1. The second-order valence-corrected chi connectivity index (χ2v) is 4.91. The number of carbonyl (C=O) groups excluding carboxylic acids is 1. The predicted octanol–water partition coefficient (Wildman–Crippen LogP) is 1.88. The summed E-state index contributed by atoms with van der Waals surface area (Å²) in [5.74, 6) is -1.02. The maximum absolute atomic E-state index is 12.1. The Morgan fingerprint density at radius 1 is 1.44 bits per heavy atom. The zero-order valence-electron chi connectivity index (χ0n) is 11.1. The molecule has 1 aromatic rings. The summed E-state index contributed by atoms with van der Waals surface area (Å²) in [6.07, 6.45) is 2.29. The van der Waals surface area contributed by atoms with Crippen molar-refractivity contribution in [3.05, 3.63) is 24.0 Å². The molecule has 0 radical (unpaired) electrons. The molecular formula is C13H20N2O3. The van der Waals surface area contributed by atoms with Gasteiger partial charge in [-0.1, -0.05) is 0 Å². The molecule has 2 N–H and O–H groups in total. The van der Waals surface area contributed by atoms with E-state index in [9.17, 15) is 9.59 Å². The van der Waals surface area contributed by atoms with Crippen molar-refractivity contribution in [2.24, 2.45) is 0 Å². The highest BCUT2D eigenvalue weighted by atomic mass is 16.4. The maximum Gasteiger partial charge on any atom is 0.303 e. The SMILES string of the molecule is CCn1cccc1C(=O)NC(C)(C)CCC(=O)O. The lowest BCUT2D eigenvalue weighted by atomic mass is 9.98. The summed E-state index contributed by atoms with van der Waals surface area (Å²) in [4.78, 5) is 22.6. The van der Waals surface area contributed by atoms with Crippen LogP contribution < -0.4 is 5.32 Å². The first-order chi connectivity index (χ1) is 8.35. The number of carbonyl (C=O) groups is 2. The van der Waals surface area contributed by atoms with E-state index in [0.29, 0.717) is 12.1 Å². The van der Waals surface area contributed by atoms with Crippen molar-refractivity contribution in [1.82, 2.24) is 9.88 Å². The Balaban J connectivity index is 2.66. The van der Waals surface area contributed by atoms with Crippen LogP contribution in [0.2, 0.25) is 0 Å². The highest BCUT2D eigenvalue weighted by Gasteiger charge is 2.23. The van der Waals surface area contributed by atoms with Gasteiger partial charge in [-0.2, -0.15) is 0 Å². The Hall–Kier alpha value is -1.78. The third-order valence-electron chi connectivity index (χ3n) is 2.82.